The third kappa shape index (κ3) is 4.00. The van der Waals surface area contributed by atoms with Crippen LogP contribution in [-0.4, -0.2) is 71.3 Å². The SMILES string of the molecule is COc1ncnc(OC)c1C(=O)Nc1nc2c(s1)C1(CN(CCO)C1)Oc1cc(C(F)(F)F)ccc1-2. The van der Waals surface area contributed by atoms with Gasteiger partial charge in [0.05, 0.1) is 37.0 Å². The van der Waals surface area contributed by atoms with Gasteiger partial charge in [-0.1, -0.05) is 11.3 Å². The molecule has 1 spiro atoms. The Morgan fingerprint density at radius 3 is 2.56 bits per heavy atom. The van der Waals surface area contributed by atoms with Crippen LogP contribution in [0.1, 0.15) is 20.8 Å². The molecule has 0 unspecified atom stereocenters. The number of benzene rings is 1. The van der Waals surface area contributed by atoms with Gasteiger partial charge in [-0.3, -0.25) is 15.0 Å². The molecule has 3 aromatic rings. The fourth-order valence-corrected chi connectivity index (χ4v) is 5.39. The van der Waals surface area contributed by atoms with Crippen LogP contribution in [0.4, 0.5) is 18.3 Å². The first kappa shape index (κ1) is 24.2. The Labute approximate surface area is 206 Å². The summed E-state index contributed by atoms with van der Waals surface area (Å²) in [5, 5.41) is 12.2. The predicted octanol–water partition coefficient (Wildman–Crippen LogP) is 2.78. The number of hydrogen-bond donors (Lipinski definition) is 2. The molecular formula is C22H20F3N5O5S. The van der Waals surface area contributed by atoms with Crippen LogP contribution >= 0.6 is 11.3 Å². The third-order valence-corrected chi connectivity index (χ3v) is 7.05. The van der Waals surface area contributed by atoms with Crippen molar-refractivity contribution in [1.82, 2.24) is 19.9 Å². The van der Waals surface area contributed by atoms with Gasteiger partial charge in [-0.25, -0.2) is 15.0 Å². The number of hydrogen-bond acceptors (Lipinski definition) is 10. The smallest absolute Gasteiger partial charge is 0.416 e. The van der Waals surface area contributed by atoms with Crippen molar-refractivity contribution in [3.63, 3.8) is 0 Å². The molecule has 2 aliphatic heterocycles. The van der Waals surface area contributed by atoms with Crippen LogP contribution < -0.4 is 19.5 Å². The summed E-state index contributed by atoms with van der Waals surface area (Å²) >= 11 is 1.16. The first-order valence-corrected chi connectivity index (χ1v) is 11.5. The topological polar surface area (TPSA) is 119 Å². The number of thiazole rings is 1. The maximum atomic E-state index is 13.4. The summed E-state index contributed by atoms with van der Waals surface area (Å²) in [5.41, 5.74) is -1.00. The maximum Gasteiger partial charge on any atom is 0.416 e. The van der Waals surface area contributed by atoms with Gasteiger partial charge in [-0.2, -0.15) is 13.2 Å². The van der Waals surface area contributed by atoms with E-state index in [4.69, 9.17) is 14.2 Å². The zero-order valence-electron chi connectivity index (χ0n) is 19.0. The second-order valence-electron chi connectivity index (χ2n) is 8.16. The van der Waals surface area contributed by atoms with Gasteiger partial charge < -0.3 is 19.3 Å². The summed E-state index contributed by atoms with van der Waals surface area (Å²) in [6, 6.07) is 3.25. The normalized spacial score (nSPS) is 15.9. The van der Waals surface area contributed by atoms with Crippen molar-refractivity contribution in [2.75, 3.05) is 45.8 Å². The van der Waals surface area contributed by atoms with Crippen molar-refractivity contribution >= 4 is 22.4 Å². The number of alkyl halides is 3. The third-order valence-electron chi connectivity index (χ3n) is 5.90. The Bertz CT molecular complexity index is 1300. The molecule has 36 heavy (non-hydrogen) atoms. The second kappa shape index (κ2) is 8.87. The van der Waals surface area contributed by atoms with Gasteiger partial charge in [-0.05, 0) is 18.2 Å². The summed E-state index contributed by atoms with van der Waals surface area (Å²) in [6.07, 6.45) is -3.34. The van der Waals surface area contributed by atoms with Gasteiger partial charge >= 0.3 is 6.18 Å². The minimum absolute atomic E-state index is 0.00383. The molecule has 10 nitrogen and oxygen atoms in total. The number of aromatic nitrogens is 3. The Morgan fingerprint density at radius 2 is 1.94 bits per heavy atom. The lowest BCUT2D eigenvalue weighted by Crippen LogP contribution is -2.63. The predicted molar refractivity (Wildman–Crippen MR) is 121 cm³/mol. The molecular weight excluding hydrogens is 503 g/mol. The Morgan fingerprint density at radius 1 is 1.25 bits per heavy atom. The van der Waals surface area contributed by atoms with Gasteiger partial charge in [0, 0.05) is 25.2 Å². The molecule has 2 aliphatic rings. The molecule has 14 heteroatoms. The highest BCUT2D eigenvalue weighted by Gasteiger charge is 2.52. The minimum Gasteiger partial charge on any atom is -0.480 e. The number of methoxy groups -OCH3 is 2. The van der Waals surface area contributed by atoms with Crippen LogP contribution in [0.5, 0.6) is 17.5 Å². The first-order chi connectivity index (χ1) is 17.2. The Balaban J connectivity index is 1.54. The highest BCUT2D eigenvalue weighted by atomic mass is 32.1. The molecule has 5 rings (SSSR count). The number of halogens is 3. The van der Waals surface area contributed by atoms with Gasteiger partial charge in [-0.15, -0.1) is 0 Å². The standard InChI is InChI=1S/C22H20F3N5O5S/c1-33-18-14(19(34-2)27-10-26-18)17(32)29-20-28-15-12-4-3-11(22(23,24)25)7-13(12)35-21(16(15)36-20)8-30(9-21)5-6-31/h3-4,7,10,31H,5-6,8-9H2,1-2H3,(H,28,29,32). The largest absolute Gasteiger partial charge is 0.480 e. The van der Waals surface area contributed by atoms with E-state index < -0.39 is 23.2 Å². The van der Waals surface area contributed by atoms with E-state index in [0.717, 1.165) is 23.5 Å². The molecule has 1 fully saturated rings. The number of rotatable bonds is 6. The van der Waals surface area contributed by atoms with Crippen molar-refractivity contribution in [3.8, 4) is 28.8 Å². The quantitative estimate of drug-likeness (QED) is 0.503. The molecule has 0 bridgehead atoms. The van der Waals surface area contributed by atoms with E-state index in [1.165, 1.54) is 26.6 Å². The molecule has 0 atom stereocenters. The average Bonchev–Trinajstić information content (AvgIpc) is 3.25. The Kier molecular flexibility index (Phi) is 5.97. The number of nitrogens with zero attached hydrogens (tertiary/aromatic N) is 4. The molecule has 4 heterocycles. The second-order valence-corrected chi connectivity index (χ2v) is 9.16. The summed E-state index contributed by atoms with van der Waals surface area (Å²) in [4.78, 5) is 28.1. The molecule has 0 radical (unpaired) electrons. The highest BCUT2D eigenvalue weighted by molar-refractivity contribution is 7.16. The number of aliphatic hydroxyl groups is 1. The zero-order chi connectivity index (χ0) is 25.7. The van der Waals surface area contributed by atoms with E-state index in [1.54, 1.807) is 0 Å². The fraction of sp³-hybridized carbons (Fsp3) is 0.364. The van der Waals surface area contributed by atoms with Crippen molar-refractivity contribution in [1.29, 1.82) is 0 Å². The molecule has 1 aromatic carbocycles. The summed E-state index contributed by atoms with van der Waals surface area (Å²) in [7, 11) is 2.70. The number of amides is 1. The number of nitrogens with one attached hydrogen (secondary N) is 1. The van der Waals surface area contributed by atoms with Crippen LogP contribution in [0, 0.1) is 0 Å². The van der Waals surface area contributed by atoms with Crippen LogP contribution in [0.3, 0.4) is 0 Å². The van der Waals surface area contributed by atoms with Crippen molar-refractivity contribution in [2.45, 2.75) is 11.8 Å². The lowest BCUT2D eigenvalue weighted by atomic mass is 9.86. The zero-order valence-corrected chi connectivity index (χ0v) is 19.9. The number of likely N-dealkylation sites (tertiary alicyclic amines) is 1. The van der Waals surface area contributed by atoms with Crippen molar-refractivity contribution in [2.24, 2.45) is 0 Å². The summed E-state index contributed by atoms with van der Waals surface area (Å²) in [6.45, 7) is 1.02. The molecule has 1 saturated heterocycles. The number of anilines is 1. The van der Waals surface area contributed by atoms with Crippen LogP contribution in [0.15, 0.2) is 24.5 Å². The summed E-state index contributed by atoms with van der Waals surface area (Å²) < 4.78 is 56.5. The number of carbonyl (C=O) groups excluding carboxylic acids is 1. The Hall–Kier alpha value is -3.49. The first-order valence-electron chi connectivity index (χ1n) is 10.7. The van der Waals surface area contributed by atoms with Gasteiger partial charge in [0.1, 0.15) is 12.1 Å². The number of fused-ring (bicyclic) bond motifs is 4. The van der Waals surface area contributed by atoms with Gasteiger partial charge in [0.15, 0.2) is 16.3 Å². The van der Waals surface area contributed by atoms with E-state index >= 15 is 0 Å². The van der Waals surface area contributed by atoms with Crippen molar-refractivity contribution in [3.05, 3.63) is 40.5 Å². The number of ether oxygens (including phenoxy) is 3. The van der Waals surface area contributed by atoms with Crippen LogP contribution in [0.25, 0.3) is 11.3 Å². The number of carbonyl (C=O) groups is 1. The highest BCUT2D eigenvalue weighted by Crippen LogP contribution is 2.53. The lowest BCUT2D eigenvalue weighted by Gasteiger charge is -2.50. The number of β-amino-alcohol motifs (C(OH)–C–C–N with tert-alkyl or cyclic N) is 1. The molecule has 0 aliphatic carbocycles. The molecule has 2 N–H and O–H groups in total. The van der Waals surface area contributed by atoms with E-state index in [2.05, 4.69) is 20.3 Å². The van der Waals surface area contributed by atoms with Gasteiger partial charge in [0.25, 0.3) is 5.91 Å². The average molecular weight is 523 g/mol. The van der Waals surface area contributed by atoms with Crippen LogP contribution in [0.2, 0.25) is 0 Å². The van der Waals surface area contributed by atoms with E-state index in [9.17, 15) is 23.1 Å². The van der Waals surface area contributed by atoms with E-state index in [0.29, 0.717) is 35.8 Å². The maximum absolute atomic E-state index is 13.4. The van der Waals surface area contributed by atoms with E-state index in [-0.39, 0.29) is 34.8 Å². The van der Waals surface area contributed by atoms with E-state index in [1.807, 2.05) is 4.90 Å². The van der Waals surface area contributed by atoms with Crippen molar-refractivity contribution < 1.29 is 37.3 Å². The number of aliphatic hydroxyl groups excluding tert-OH is 1. The lowest BCUT2D eigenvalue weighted by molar-refractivity contribution is -0.138. The molecule has 190 valence electrons. The van der Waals surface area contributed by atoms with Crippen LogP contribution in [-0.2, 0) is 11.8 Å². The minimum atomic E-state index is -4.54. The monoisotopic (exact) mass is 523 g/mol. The fourth-order valence-electron chi connectivity index (χ4n) is 4.30. The molecule has 2 aromatic heterocycles. The summed E-state index contributed by atoms with van der Waals surface area (Å²) in [5.74, 6) is -0.564. The molecule has 0 saturated carbocycles. The molecule has 1 amide bonds. The van der Waals surface area contributed by atoms with Gasteiger partial charge in [0.2, 0.25) is 11.8 Å².